The number of nitrogens with one attached hydrogen (secondary N) is 1. The molecule has 3 aliphatic rings. The zero-order chi connectivity index (χ0) is 13.2. The molecule has 0 aromatic carbocycles. The summed E-state index contributed by atoms with van der Waals surface area (Å²) in [6, 6.07) is 0. The first-order valence-electron chi connectivity index (χ1n) is 8.34. The smallest absolute Gasteiger partial charge is 0.226 e. The predicted molar refractivity (Wildman–Crippen MR) is 76.0 cm³/mol. The van der Waals surface area contributed by atoms with Gasteiger partial charge < -0.3 is 9.80 Å². The van der Waals surface area contributed by atoms with E-state index in [1.54, 1.807) is 4.90 Å². The van der Waals surface area contributed by atoms with Crippen molar-refractivity contribution < 1.29 is 9.69 Å². The maximum atomic E-state index is 12.7. The number of hydrogen-bond donors (Lipinski definition) is 1. The lowest BCUT2D eigenvalue weighted by Gasteiger charge is -2.41. The standard InChI is InChI=1S/C16H28N2O/c1-17-8-10-18(11-9-17)16(19)15-7-6-13-4-2-3-5-14(13)12-15/h13-15H,2-12H2,1H3/p+1/t13-,14+,15-/m0/s1. The third-order valence-corrected chi connectivity index (χ3v) is 5.82. The molecule has 0 aromatic rings. The van der Waals surface area contributed by atoms with Crippen LogP contribution in [0.2, 0.25) is 0 Å². The lowest BCUT2D eigenvalue weighted by molar-refractivity contribution is -0.883. The summed E-state index contributed by atoms with van der Waals surface area (Å²) < 4.78 is 0. The number of rotatable bonds is 1. The fourth-order valence-electron chi connectivity index (χ4n) is 4.46. The number of amides is 1. The second-order valence-electron chi connectivity index (χ2n) is 7.10. The molecular weight excluding hydrogens is 236 g/mol. The molecule has 0 bridgehead atoms. The van der Waals surface area contributed by atoms with E-state index in [0.717, 1.165) is 38.0 Å². The molecule has 1 amide bonds. The fraction of sp³-hybridized carbons (Fsp3) is 0.938. The van der Waals surface area contributed by atoms with E-state index in [0.29, 0.717) is 11.8 Å². The monoisotopic (exact) mass is 265 g/mol. The summed E-state index contributed by atoms with van der Waals surface area (Å²) >= 11 is 0. The number of carbonyl (C=O) groups excluding carboxylic acids is 1. The Bertz CT molecular complexity index is 323. The van der Waals surface area contributed by atoms with Crippen molar-refractivity contribution in [1.82, 2.24) is 4.90 Å². The summed E-state index contributed by atoms with van der Waals surface area (Å²) in [4.78, 5) is 16.4. The Morgan fingerprint density at radius 1 is 1.00 bits per heavy atom. The highest BCUT2D eigenvalue weighted by Crippen LogP contribution is 2.43. The van der Waals surface area contributed by atoms with Crippen LogP contribution in [0.15, 0.2) is 0 Å². The number of piperazine rings is 1. The van der Waals surface area contributed by atoms with Gasteiger partial charge in [-0.25, -0.2) is 0 Å². The number of likely N-dealkylation sites (N-methyl/N-ethyl adjacent to an activating group) is 1. The first-order valence-corrected chi connectivity index (χ1v) is 8.34. The lowest BCUT2D eigenvalue weighted by Crippen LogP contribution is -3.12. The van der Waals surface area contributed by atoms with E-state index in [1.165, 1.54) is 44.9 Å². The summed E-state index contributed by atoms with van der Waals surface area (Å²) in [5, 5.41) is 0. The van der Waals surface area contributed by atoms with E-state index in [1.807, 2.05) is 0 Å². The molecule has 2 saturated carbocycles. The van der Waals surface area contributed by atoms with Gasteiger partial charge in [0.25, 0.3) is 0 Å². The third kappa shape index (κ3) is 2.96. The van der Waals surface area contributed by atoms with Crippen LogP contribution in [0, 0.1) is 17.8 Å². The van der Waals surface area contributed by atoms with Gasteiger partial charge in [-0.15, -0.1) is 0 Å². The molecule has 19 heavy (non-hydrogen) atoms. The van der Waals surface area contributed by atoms with Gasteiger partial charge in [0.05, 0.1) is 33.2 Å². The van der Waals surface area contributed by atoms with Crippen molar-refractivity contribution in [2.45, 2.75) is 44.9 Å². The van der Waals surface area contributed by atoms with E-state index in [-0.39, 0.29) is 0 Å². The minimum Gasteiger partial charge on any atom is -0.334 e. The Morgan fingerprint density at radius 3 is 2.42 bits per heavy atom. The molecule has 1 aliphatic heterocycles. The molecule has 108 valence electrons. The Kier molecular flexibility index (Phi) is 4.11. The Balaban J connectivity index is 1.55. The molecular formula is C16H29N2O+. The van der Waals surface area contributed by atoms with Gasteiger partial charge in [0.1, 0.15) is 0 Å². The van der Waals surface area contributed by atoms with E-state index in [2.05, 4.69) is 11.9 Å². The van der Waals surface area contributed by atoms with E-state index in [4.69, 9.17) is 0 Å². The second-order valence-corrected chi connectivity index (χ2v) is 7.10. The summed E-state index contributed by atoms with van der Waals surface area (Å²) in [5.74, 6) is 2.67. The normalized spacial score (nSPS) is 36.9. The highest BCUT2D eigenvalue weighted by atomic mass is 16.2. The van der Waals surface area contributed by atoms with E-state index < -0.39 is 0 Å². The highest BCUT2D eigenvalue weighted by Gasteiger charge is 2.37. The number of hydrogen-bond acceptors (Lipinski definition) is 1. The number of quaternary nitrogens is 1. The Morgan fingerprint density at radius 2 is 1.68 bits per heavy atom. The molecule has 3 fully saturated rings. The Labute approximate surface area is 117 Å². The summed E-state index contributed by atoms with van der Waals surface area (Å²) in [6.07, 6.45) is 9.34. The quantitative estimate of drug-likeness (QED) is 0.750. The first kappa shape index (κ1) is 13.4. The maximum absolute atomic E-state index is 12.7. The van der Waals surface area contributed by atoms with Crippen LogP contribution < -0.4 is 4.90 Å². The number of nitrogens with zero attached hydrogens (tertiary/aromatic N) is 1. The van der Waals surface area contributed by atoms with Crippen molar-refractivity contribution in [3.8, 4) is 0 Å². The minimum absolute atomic E-state index is 0.359. The molecule has 1 saturated heterocycles. The zero-order valence-electron chi connectivity index (χ0n) is 12.4. The van der Waals surface area contributed by atoms with Crippen molar-refractivity contribution in [2.75, 3.05) is 33.2 Å². The molecule has 3 rings (SSSR count). The van der Waals surface area contributed by atoms with E-state index in [9.17, 15) is 4.79 Å². The molecule has 1 N–H and O–H groups in total. The third-order valence-electron chi connectivity index (χ3n) is 5.82. The highest BCUT2D eigenvalue weighted by molar-refractivity contribution is 5.79. The van der Waals surface area contributed by atoms with Crippen LogP contribution in [-0.2, 0) is 4.79 Å². The molecule has 3 atom stereocenters. The van der Waals surface area contributed by atoms with E-state index >= 15 is 0 Å². The molecule has 0 spiro atoms. The maximum Gasteiger partial charge on any atom is 0.226 e. The van der Waals surface area contributed by atoms with Gasteiger partial charge in [0.15, 0.2) is 0 Å². The summed E-state index contributed by atoms with van der Waals surface area (Å²) in [7, 11) is 2.23. The van der Waals surface area contributed by atoms with Crippen molar-refractivity contribution in [1.29, 1.82) is 0 Å². The van der Waals surface area contributed by atoms with Crippen LogP contribution >= 0.6 is 0 Å². The van der Waals surface area contributed by atoms with Crippen LogP contribution in [0.4, 0.5) is 0 Å². The number of fused-ring (bicyclic) bond motifs is 1. The van der Waals surface area contributed by atoms with Crippen LogP contribution in [-0.4, -0.2) is 44.0 Å². The van der Waals surface area contributed by atoms with Gasteiger partial charge in [0, 0.05) is 5.92 Å². The van der Waals surface area contributed by atoms with Gasteiger partial charge in [-0.2, -0.15) is 0 Å². The topological polar surface area (TPSA) is 24.8 Å². The second kappa shape index (κ2) is 5.82. The Hall–Kier alpha value is -0.570. The van der Waals surface area contributed by atoms with Crippen LogP contribution in [0.5, 0.6) is 0 Å². The predicted octanol–water partition coefficient (Wildman–Crippen LogP) is 0.950. The summed E-state index contributed by atoms with van der Waals surface area (Å²) in [6.45, 7) is 4.22. The first-order chi connectivity index (χ1) is 9.24. The van der Waals surface area contributed by atoms with Gasteiger partial charge >= 0.3 is 0 Å². The molecule has 1 heterocycles. The van der Waals surface area contributed by atoms with Crippen LogP contribution in [0.3, 0.4) is 0 Å². The fourth-order valence-corrected chi connectivity index (χ4v) is 4.46. The summed E-state index contributed by atoms with van der Waals surface area (Å²) in [5.41, 5.74) is 0. The average molecular weight is 265 g/mol. The van der Waals surface area contributed by atoms with Crippen LogP contribution in [0.1, 0.15) is 44.9 Å². The largest absolute Gasteiger partial charge is 0.334 e. The van der Waals surface area contributed by atoms with Gasteiger partial charge in [-0.1, -0.05) is 25.7 Å². The molecule has 3 nitrogen and oxygen atoms in total. The molecule has 0 unspecified atom stereocenters. The van der Waals surface area contributed by atoms with Crippen molar-refractivity contribution >= 4 is 5.91 Å². The SMILES string of the molecule is C[NH+]1CCN(C(=O)[C@H]2CC[C@@H]3CCCC[C@@H]3C2)CC1. The van der Waals surface area contributed by atoms with Gasteiger partial charge in [-0.05, 0) is 31.1 Å². The van der Waals surface area contributed by atoms with Crippen molar-refractivity contribution in [2.24, 2.45) is 17.8 Å². The molecule has 2 aliphatic carbocycles. The molecule has 0 aromatic heterocycles. The van der Waals surface area contributed by atoms with Gasteiger partial charge in [-0.3, -0.25) is 4.79 Å². The molecule has 0 radical (unpaired) electrons. The van der Waals surface area contributed by atoms with Crippen LogP contribution in [0.25, 0.3) is 0 Å². The average Bonchev–Trinajstić information content (AvgIpc) is 2.47. The minimum atomic E-state index is 0.359. The zero-order valence-corrected chi connectivity index (χ0v) is 12.4. The van der Waals surface area contributed by atoms with Gasteiger partial charge in [0.2, 0.25) is 5.91 Å². The lowest BCUT2D eigenvalue weighted by atomic mass is 9.67. The number of carbonyl (C=O) groups is 1. The van der Waals surface area contributed by atoms with Crippen molar-refractivity contribution in [3.05, 3.63) is 0 Å². The molecule has 3 heteroatoms. The van der Waals surface area contributed by atoms with Crippen molar-refractivity contribution in [3.63, 3.8) is 0 Å².